The van der Waals surface area contributed by atoms with E-state index in [1.807, 2.05) is 66.4 Å². The number of amides is 2. The number of benzene rings is 3. The molecule has 3 aromatic carbocycles. The lowest BCUT2D eigenvalue weighted by Gasteiger charge is -2.43. The van der Waals surface area contributed by atoms with Gasteiger partial charge in [0.05, 0.1) is 11.0 Å². The standard InChI is InChI=1S/C30H33N3O4/c1-3-4-5-9-16-29(34)31-22(2)21-28(26-14-10-11-15-27(26)31)32(24-12-7-6-8-13-24)30(35)23-17-19-25(20-18-23)33(36)37/h6-8,10-15,17-20,22,28H,3-5,9,16,21H2,1-2H3/t22-,28+/m1/s1. The van der Waals surface area contributed by atoms with Crippen LogP contribution in [0.3, 0.4) is 0 Å². The number of anilines is 2. The second kappa shape index (κ2) is 11.8. The zero-order chi connectivity index (χ0) is 26.4. The van der Waals surface area contributed by atoms with Crippen LogP contribution >= 0.6 is 0 Å². The molecule has 0 saturated carbocycles. The highest BCUT2D eigenvalue weighted by Gasteiger charge is 2.38. The summed E-state index contributed by atoms with van der Waals surface area (Å²) in [5, 5.41) is 11.1. The van der Waals surface area contributed by atoms with Crippen LogP contribution in [0.5, 0.6) is 0 Å². The van der Waals surface area contributed by atoms with Crippen LogP contribution in [0, 0.1) is 10.1 Å². The average molecular weight is 500 g/mol. The first-order valence-electron chi connectivity index (χ1n) is 13.0. The van der Waals surface area contributed by atoms with Crippen LogP contribution in [0.15, 0.2) is 78.9 Å². The Balaban J connectivity index is 1.71. The first-order valence-corrected chi connectivity index (χ1v) is 13.0. The lowest BCUT2D eigenvalue weighted by molar-refractivity contribution is -0.384. The fourth-order valence-electron chi connectivity index (χ4n) is 5.12. The molecule has 1 heterocycles. The lowest BCUT2D eigenvalue weighted by Crippen LogP contribution is -2.47. The quantitative estimate of drug-likeness (QED) is 0.179. The molecule has 3 aromatic rings. The summed E-state index contributed by atoms with van der Waals surface area (Å²) in [4.78, 5) is 41.6. The predicted octanol–water partition coefficient (Wildman–Crippen LogP) is 7.08. The van der Waals surface area contributed by atoms with Gasteiger partial charge in [-0.2, -0.15) is 0 Å². The largest absolute Gasteiger partial charge is 0.309 e. The van der Waals surface area contributed by atoms with Gasteiger partial charge in [-0.05, 0) is 55.7 Å². The van der Waals surface area contributed by atoms with Gasteiger partial charge in [-0.1, -0.05) is 62.6 Å². The molecule has 0 bridgehead atoms. The Labute approximate surface area is 217 Å². The first kappa shape index (κ1) is 26.1. The van der Waals surface area contributed by atoms with Crippen molar-refractivity contribution in [2.75, 3.05) is 9.80 Å². The van der Waals surface area contributed by atoms with Crippen molar-refractivity contribution in [3.05, 3.63) is 100 Å². The molecule has 0 aliphatic carbocycles. The van der Waals surface area contributed by atoms with Crippen LogP contribution in [-0.4, -0.2) is 22.8 Å². The van der Waals surface area contributed by atoms with E-state index in [2.05, 4.69) is 6.92 Å². The minimum Gasteiger partial charge on any atom is -0.309 e. The average Bonchev–Trinajstić information content (AvgIpc) is 2.91. The third-order valence-corrected chi connectivity index (χ3v) is 6.96. The third-order valence-electron chi connectivity index (χ3n) is 6.96. The predicted molar refractivity (Wildman–Crippen MR) is 146 cm³/mol. The molecule has 7 heteroatoms. The molecule has 7 nitrogen and oxygen atoms in total. The van der Waals surface area contributed by atoms with Gasteiger partial charge in [-0.25, -0.2) is 0 Å². The van der Waals surface area contributed by atoms with E-state index >= 15 is 0 Å². The summed E-state index contributed by atoms with van der Waals surface area (Å²) in [6, 6.07) is 22.6. The maximum absolute atomic E-state index is 13.9. The van der Waals surface area contributed by atoms with Crippen LogP contribution in [0.2, 0.25) is 0 Å². The van der Waals surface area contributed by atoms with Crippen molar-refractivity contribution in [2.24, 2.45) is 0 Å². The number of unbranched alkanes of at least 4 members (excludes halogenated alkanes) is 3. The van der Waals surface area contributed by atoms with Gasteiger partial charge in [-0.3, -0.25) is 19.7 Å². The van der Waals surface area contributed by atoms with Crippen molar-refractivity contribution in [2.45, 2.75) is 64.5 Å². The van der Waals surface area contributed by atoms with Crippen molar-refractivity contribution < 1.29 is 14.5 Å². The molecule has 2 atom stereocenters. The summed E-state index contributed by atoms with van der Waals surface area (Å²) < 4.78 is 0. The molecule has 0 N–H and O–H groups in total. The fourth-order valence-corrected chi connectivity index (χ4v) is 5.12. The second-order valence-electron chi connectivity index (χ2n) is 9.55. The van der Waals surface area contributed by atoms with E-state index in [0.717, 1.165) is 42.6 Å². The summed E-state index contributed by atoms with van der Waals surface area (Å²) in [6.07, 6.45) is 5.24. The zero-order valence-corrected chi connectivity index (χ0v) is 21.4. The molecule has 0 aromatic heterocycles. The molecule has 0 unspecified atom stereocenters. The Kier molecular flexibility index (Phi) is 8.33. The molecule has 0 saturated heterocycles. The molecule has 2 amide bonds. The van der Waals surface area contributed by atoms with E-state index < -0.39 is 4.92 Å². The molecule has 37 heavy (non-hydrogen) atoms. The van der Waals surface area contributed by atoms with Gasteiger partial charge in [0.25, 0.3) is 11.6 Å². The molecule has 0 radical (unpaired) electrons. The zero-order valence-electron chi connectivity index (χ0n) is 21.4. The summed E-state index contributed by atoms with van der Waals surface area (Å²) in [5.41, 5.74) is 2.80. The third kappa shape index (κ3) is 5.71. The highest BCUT2D eigenvalue weighted by atomic mass is 16.6. The molecule has 4 rings (SSSR count). The van der Waals surface area contributed by atoms with Crippen LogP contribution < -0.4 is 9.80 Å². The van der Waals surface area contributed by atoms with Crippen molar-refractivity contribution in [1.29, 1.82) is 0 Å². The van der Waals surface area contributed by atoms with Crippen LogP contribution in [0.1, 0.15) is 74.3 Å². The van der Waals surface area contributed by atoms with E-state index in [-0.39, 0.29) is 29.6 Å². The SMILES string of the molecule is CCCCCCC(=O)N1c2ccccc2[C@@H](N(C(=O)c2ccc([N+](=O)[O-])cc2)c2ccccc2)C[C@H]1C. The molecular weight excluding hydrogens is 466 g/mol. The summed E-state index contributed by atoms with van der Waals surface area (Å²) in [6.45, 7) is 4.19. The lowest BCUT2D eigenvalue weighted by atomic mass is 9.89. The number of carbonyl (C=O) groups is 2. The number of hydrogen-bond acceptors (Lipinski definition) is 4. The van der Waals surface area contributed by atoms with E-state index in [4.69, 9.17) is 0 Å². The number of rotatable bonds is 9. The minimum absolute atomic E-state index is 0.0625. The van der Waals surface area contributed by atoms with Crippen molar-refractivity contribution in [3.8, 4) is 0 Å². The second-order valence-corrected chi connectivity index (χ2v) is 9.55. The molecular formula is C30H33N3O4. The van der Waals surface area contributed by atoms with Gasteiger partial charge in [0, 0.05) is 41.5 Å². The number of carbonyl (C=O) groups excluding carboxylic acids is 2. The van der Waals surface area contributed by atoms with Crippen LogP contribution in [0.25, 0.3) is 0 Å². The van der Waals surface area contributed by atoms with E-state index in [1.54, 1.807) is 4.90 Å². The maximum Gasteiger partial charge on any atom is 0.269 e. The number of non-ortho nitro benzene ring substituents is 1. The number of fused-ring (bicyclic) bond motifs is 1. The van der Waals surface area contributed by atoms with E-state index in [9.17, 15) is 19.7 Å². The fraction of sp³-hybridized carbons (Fsp3) is 0.333. The summed E-state index contributed by atoms with van der Waals surface area (Å²) >= 11 is 0. The van der Waals surface area contributed by atoms with Crippen molar-refractivity contribution in [1.82, 2.24) is 0 Å². The molecule has 192 valence electrons. The van der Waals surface area contributed by atoms with Gasteiger partial charge in [0.15, 0.2) is 0 Å². The molecule has 0 spiro atoms. The number of nitro benzene ring substituents is 1. The monoisotopic (exact) mass is 499 g/mol. The normalized spacial score (nSPS) is 16.6. The first-order chi connectivity index (χ1) is 17.9. The number of nitrogens with zero attached hydrogens (tertiary/aromatic N) is 3. The number of hydrogen-bond donors (Lipinski definition) is 0. The molecule has 1 aliphatic rings. The van der Waals surface area contributed by atoms with Crippen molar-refractivity contribution >= 4 is 28.9 Å². The van der Waals surface area contributed by atoms with Crippen LogP contribution in [0.4, 0.5) is 17.1 Å². The Morgan fingerprint density at radius 3 is 2.30 bits per heavy atom. The maximum atomic E-state index is 13.9. The topological polar surface area (TPSA) is 83.8 Å². The highest BCUT2D eigenvalue weighted by molar-refractivity contribution is 6.07. The Morgan fingerprint density at radius 1 is 0.946 bits per heavy atom. The summed E-state index contributed by atoms with van der Waals surface area (Å²) in [5.74, 6) is -0.130. The van der Waals surface area contributed by atoms with E-state index in [0.29, 0.717) is 18.4 Å². The number of para-hydroxylation sites is 2. The minimum atomic E-state index is -0.476. The van der Waals surface area contributed by atoms with E-state index in [1.165, 1.54) is 24.3 Å². The van der Waals surface area contributed by atoms with Gasteiger partial charge in [0.1, 0.15) is 0 Å². The van der Waals surface area contributed by atoms with Crippen LogP contribution in [-0.2, 0) is 4.79 Å². The molecule has 1 aliphatic heterocycles. The highest BCUT2D eigenvalue weighted by Crippen LogP contribution is 2.43. The Morgan fingerprint density at radius 2 is 1.62 bits per heavy atom. The smallest absolute Gasteiger partial charge is 0.269 e. The van der Waals surface area contributed by atoms with Gasteiger partial charge in [0.2, 0.25) is 5.91 Å². The number of nitro groups is 1. The Hall–Kier alpha value is -4.00. The van der Waals surface area contributed by atoms with Gasteiger partial charge < -0.3 is 9.80 Å². The van der Waals surface area contributed by atoms with Gasteiger partial charge >= 0.3 is 0 Å². The van der Waals surface area contributed by atoms with Gasteiger partial charge in [-0.15, -0.1) is 0 Å². The van der Waals surface area contributed by atoms with Crippen molar-refractivity contribution in [3.63, 3.8) is 0 Å². The summed E-state index contributed by atoms with van der Waals surface area (Å²) in [7, 11) is 0. The molecule has 0 fully saturated rings. The Bertz CT molecular complexity index is 1240.